The monoisotopic (exact) mass is 176 g/mol. The van der Waals surface area contributed by atoms with Gasteiger partial charge in [-0.1, -0.05) is 6.92 Å². The molecule has 11 heavy (non-hydrogen) atoms. The van der Waals surface area contributed by atoms with Crippen LogP contribution >= 0.6 is 11.8 Å². The second kappa shape index (κ2) is 4.33. The van der Waals surface area contributed by atoms with Gasteiger partial charge in [0, 0.05) is 11.8 Å². The van der Waals surface area contributed by atoms with Crippen LogP contribution in [0.4, 0.5) is 0 Å². The number of hydrogen-bond acceptors (Lipinski definition) is 3. The van der Waals surface area contributed by atoms with Crippen molar-refractivity contribution < 1.29 is 0 Å². The lowest BCUT2D eigenvalue weighted by molar-refractivity contribution is 0.412. The topological polar surface area (TPSA) is 29.3 Å². The summed E-state index contributed by atoms with van der Waals surface area (Å²) in [4.78, 5) is 2.08. The molecule has 0 aliphatic carbocycles. The molecule has 0 bridgehead atoms. The van der Waals surface area contributed by atoms with Gasteiger partial charge in [-0.2, -0.15) is 0 Å². The molecule has 2 nitrogen and oxygen atoms in total. The van der Waals surface area contributed by atoms with Crippen molar-refractivity contribution in [2.45, 2.75) is 30.9 Å². The van der Waals surface area contributed by atoms with E-state index in [1.165, 1.54) is 0 Å². The lowest BCUT2D eigenvalue weighted by atomic mass is 10.4. The predicted molar refractivity (Wildman–Crippen MR) is 53.9 cm³/mol. The van der Waals surface area contributed by atoms with E-state index in [9.17, 15) is 0 Å². The highest BCUT2D eigenvalue weighted by Crippen LogP contribution is 2.23. The number of nitrogens with zero attached hydrogens (tertiary/aromatic N) is 1. The Morgan fingerprint density at radius 3 is 2.18 bits per heavy atom. The molecular formula is C8H20N2S. The van der Waals surface area contributed by atoms with Crippen LogP contribution in [0.5, 0.6) is 0 Å². The van der Waals surface area contributed by atoms with E-state index < -0.39 is 0 Å². The number of hydrogen-bond donors (Lipinski definition) is 1. The highest BCUT2D eigenvalue weighted by molar-refractivity contribution is 8.01. The fourth-order valence-electron chi connectivity index (χ4n) is 1.07. The average Bonchev–Trinajstić information content (AvgIpc) is 1.53. The van der Waals surface area contributed by atoms with Crippen LogP contribution in [0.25, 0.3) is 0 Å². The second-order valence-electron chi connectivity index (χ2n) is 3.79. The molecule has 2 N–H and O–H groups in total. The fraction of sp³-hybridized carbons (Fsp3) is 1.00. The maximum atomic E-state index is 5.86. The summed E-state index contributed by atoms with van der Waals surface area (Å²) in [5.74, 6) is 0. The minimum absolute atomic E-state index is 0.102. The summed E-state index contributed by atoms with van der Waals surface area (Å²) < 4.78 is 0. The minimum atomic E-state index is -0.102. The van der Waals surface area contributed by atoms with Gasteiger partial charge in [-0.3, -0.25) is 0 Å². The van der Waals surface area contributed by atoms with Gasteiger partial charge in [0.25, 0.3) is 0 Å². The minimum Gasteiger partial charge on any atom is -0.317 e. The largest absolute Gasteiger partial charge is 0.317 e. The first kappa shape index (κ1) is 11.3. The first-order valence-electron chi connectivity index (χ1n) is 3.92. The van der Waals surface area contributed by atoms with Crippen LogP contribution in [0.3, 0.4) is 0 Å². The number of thioether (sulfide) groups is 1. The molecule has 0 saturated heterocycles. The maximum absolute atomic E-state index is 5.86. The average molecular weight is 176 g/mol. The zero-order chi connectivity index (χ0) is 9.07. The Kier molecular flexibility index (Phi) is 4.44. The van der Waals surface area contributed by atoms with Crippen molar-refractivity contribution in [3.05, 3.63) is 0 Å². The van der Waals surface area contributed by atoms with E-state index in [0.717, 1.165) is 6.54 Å². The Labute approximate surface area is 74.5 Å². The molecule has 0 radical (unpaired) electrons. The van der Waals surface area contributed by atoms with E-state index >= 15 is 0 Å². The summed E-state index contributed by atoms with van der Waals surface area (Å²) in [6, 6.07) is 0. The molecule has 0 aliphatic rings. The molecule has 0 aliphatic heterocycles. The lowest BCUT2D eigenvalue weighted by Crippen LogP contribution is -2.32. The first-order valence-corrected chi connectivity index (χ1v) is 4.80. The Morgan fingerprint density at radius 2 is 1.91 bits per heavy atom. The first-order chi connectivity index (χ1) is 4.81. The zero-order valence-corrected chi connectivity index (χ0v) is 9.03. The normalized spacial score (nSPS) is 15.5. The van der Waals surface area contributed by atoms with Crippen molar-refractivity contribution in [2.75, 3.05) is 20.6 Å². The van der Waals surface area contributed by atoms with Gasteiger partial charge in [0.1, 0.15) is 0 Å². The maximum Gasteiger partial charge on any atom is 0.0566 e. The zero-order valence-electron chi connectivity index (χ0n) is 8.22. The predicted octanol–water partition coefficient (Wildman–Crippen LogP) is 1.36. The SMILES string of the molecule is CC(CN(C)C)SC(C)(C)N. The van der Waals surface area contributed by atoms with Gasteiger partial charge in [0.2, 0.25) is 0 Å². The van der Waals surface area contributed by atoms with E-state index in [1.807, 2.05) is 25.6 Å². The van der Waals surface area contributed by atoms with Crippen LogP contribution < -0.4 is 5.73 Å². The van der Waals surface area contributed by atoms with Gasteiger partial charge >= 0.3 is 0 Å². The van der Waals surface area contributed by atoms with Gasteiger partial charge in [-0.25, -0.2) is 0 Å². The summed E-state index contributed by atoms with van der Waals surface area (Å²) in [5.41, 5.74) is 5.86. The van der Waals surface area contributed by atoms with Crippen molar-refractivity contribution in [1.29, 1.82) is 0 Å². The molecule has 0 heterocycles. The molecule has 0 saturated carbocycles. The van der Waals surface area contributed by atoms with Gasteiger partial charge in [0.15, 0.2) is 0 Å². The quantitative estimate of drug-likeness (QED) is 0.656. The van der Waals surface area contributed by atoms with E-state index in [-0.39, 0.29) is 4.87 Å². The molecule has 0 aromatic carbocycles. The van der Waals surface area contributed by atoms with Gasteiger partial charge in [-0.15, -0.1) is 11.8 Å². The molecular weight excluding hydrogens is 156 g/mol. The van der Waals surface area contributed by atoms with Crippen LogP contribution in [-0.4, -0.2) is 35.7 Å². The Bertz CT molecular complexity index is 107. The van der Waals surface area contributed by atoms with Crippen molar-refractivity contribution in [2.24, 2.45) is 5.73 Å². The van der Waals surface area contributed by atoms with Crippen LogP contribution in [0.2, 0.25) is 0 Å². The van der Waals surface area contributed by atoms with Crippen LogP contribution in [0, 0.1) is 0 Å². The fourth-order valence-corrected chi connectivity index (χ4v) is 2.48. The Morgan fingerprint density at radius 1 is 1.45 bits per heavy atom. The third-order valence-electron chi connectivity index (χ3n) is 1.13. The third-order valence-corrected chi connectivity index (χ3v) is 2.29. The van der Waals surface area contributed by atoms with Gasteiger partial charge in [-0.05, 0) is 27.9 Å². The van der Waals surface area contributed by atoms with Crippen molar-refractivity contribution in [3.8, 4) is 0 Å². The van der Waals surface area contributed by atoms with E-state index in [4.69, 9.17) is 5.73 Å². The summed E-state index contributed by atoms with van der Waals surface area (Å²) in [6.45, 7) is 7.39. The van der Waals surface area contributed by atoms with Crippen LogP contribution in [0.15, 0.2) is 0 Å². The highest BCUT2D eigenvalue weighted by atomic mass is 32.2. The molecule has 3 heteroatoms. The van der Waals surface area contributed by atoms with E-state index in [0.29, 0.717) is 5.25 Å². The van der Waals surface area contributed by atoms with Crippen molar-refractivity contribution >= 4 is 11.8 Å². The number of nitrogens with two attached hydrogens (primary N) is 1. The third kappa shape index (κ3) is 8.17. The Balaban J connectivity index is 3.61. The molecule has 0 fully saturated rings. The highest BCUT2D eigenvalue weighted by Gasteiger charge is 2.16. The lowest BCUT2D eigenvalue weighted by Gasteiger charge is -2.24. The molecule has 0 aromatic rings. The Hall–Kier alpha value is 0.270. The molecule has 1 unspecified atom stereocenters. The molecule has 0 amide bonds. The smallest absolute Gasteiger partial charge is 0.0566 e. The standard InChI is InChI=1S/C8H20N2S/c1-7(6-10(4)5)11-8(2,3)9/h7H,6,9H2,1-5H3. The summed E-state index contributed by atoms with van der Waals surface area (Å²) in [7, 11) is 4.17. The van der Waals surface area contributed by atoms with E-state index in [1.54, 1.807) is 0 Å². The molecule has 68 valence electrons. The van der Waals surface area contributed by atoms with Gasteiger partial charge in [0.05, 0.1) is 4.87 Å². The summed E-state index contributed by atoms with van der Waals surface area (Å²) in [5, 5.41) is 0.602. The molecule has 0 aromatic heterocycles. The molecule has 0 spiro atoms. The van der Waals surface area contributed by atoms with Crippen LogP contribution in [0.1, 0.15) is 20.8 Å². The summed E-state index contributed by atoms with van der Waals surface area (Å²) >= 11 is 1.82. The van der Waals surface area contributed by atoms with Crippen molar-refractivity contribution in [1.82, 2.24) is 4.90 Å². The van der Waals surface area contributed by atoms with Crippen molar-refractivity contribution in [3.63, 3.8) is 0 Å². The van der Waals surface area contributed by atoms with Crippen LogP contribution in [-0.2, 0) is 0 Å². The second-order valence-corrected chi connectivity index (χ2v) is 5.89. The summed E-state index contributed by atoms with van der Waals surface area (Å²) in [6.07, 6.45) is 0. The van der Waals surface area contributed by atoms with E-state index in [2.05, 4.69) is 25.9 Å². The molecule has 1 atom stereocenters. The van der Waals surface area contributed by atoms with Gasteiger partial charge < -0.3 is 10.6 Å². The molecule has 0 rings (SSSR count). The number of rotatable bonds is 4.